The predicted octanol–water partition coefficient (Wildman–Crippen LogP) is 2.22. The number of terminal acetylenes is 1. The van der Waals surface area contributed by atoms with Crippen molar-refractivity contribution in [3.8, 4) is 12.3 Å². The first-order chi connectivity index (χ1) is 6.17. The van der Waals surface area contributed by atoms with E-state index in [9.17, 15) is 5.11 Å². The Bertz CT molecular complexity index is 392. The molecule has 1 N–H and O–H groups in total. The Kier molecular flexibility index (Phi) is 1.94. The molecule has 0 fully saturated rings. The van der Waals surface area contributed by atoms with Gasteiger partial charge in [0.1, 0.15) is 0 Å². The Morgan fingerprint density at radius 3 is 3.00 bits per heavy atom. The van der Waals surface area contributed by atoms with Gasteiger partial charge in [-0.25, -0.2) is 0 Å². The van der Waals surface area contributed by atoms with Gasteiger partial charge in [0, 0.05) is 10.0 Å². The molecular weight excluding hydrogens is 228 g/mol. The van der Waals surface area contributed by atoms with E-state index >= 15 is 0 Å². The number of hydrogen-bond donors (Lipinski definition) is 1. The molecule has 2 heteroatoms. The van der Waals surface area contributed by atoms with E-state index in [1.54, 1.807) is 0 Å². The summed E-state index contributed by atoms with van der Waals surface area (Å²) in [6, 6.07) is 5.77. The van der Waals surface area contributed by atoms with Crippen LogP contribution in [0.25, 0.3) is 0 Å². The summed E-state index contributed by atoms with van der Waals surface area (Å²) in [4.78, 5) is 0. The third-order valence-corrected chi connectivity index (χ3v) is 3.28. The van der Waals surface area contributed by atoms with E-state index in [1.165, 1.54) is 0 Å². The van der Waals surface area contributed by atoms with Gasteiger partial charge >= 0.3 is 0 Å². The number of rotatable bonds is 0. The molecule has 1 aromatic carbocycles. The molecule has 0 amide bonds. The minimum atomic E-state index is -1.04. The second kappa shape index (κ2) is 2.87. The van der Waals surface area contributed by atoms with Crippen LogP contribution in [0.2, 0.25) is 0 Å². The zero-order valence-corrected chi connectivity index (χ0v) is 8.63. The van der Waals surface area contributed by atoms with Crippen molar-refractivity contribution < 1.29 is 5.11 Å². The number of aliphatic hydroxyl groups is 1. The fourth-order valence-corrected chi connectivity index (χ4v) is 2.36. The fourth-order valence-electron chi connectivity index (χ4n) is 1.79. The minimum Gasteiger partial charge on any atom is -0.373 e. The summed E-state index contributed by atoms with van der Waals surface area (Å²) in [5.74, 6) is 2.46. The van der Waals surface area contributed by atoms with Gasteiger partial charge in [-0.2, -0.15) is 0 Å². The van der Waals surface area contributed by atoms with E-state index in [4.69, 9.17) is 6.42 Å². The van der Waals surface area contributed by atoms with E-state index in [1.807, 2.05) is 18.2 Å². The maximum absolute atomic E-state index is 10.0. The molecule has 1 unspecified atom stereocenters. The van der Waals surface area contributed by atoms with E-state index in [2.05, 4.69) is 21.9 Å². The van der Waals surface area contributed by atoms with Crippen LogP contribution in [0.4, 0.5) is 0 Å². The van der Waals surface area contributed by atoms with Crippen LogP contribution in [0, 0.1) is 12.3 Å². The first kappa shape index (κ1) is 8.80. The molecule has 0 saturated heterocycles. The molecule has 1 aromatic rings. The van der Waals surface area contributed by atoms with Crippen molar-refractivity contribution in [3.05, 3.63) is 33.8 Å². The third kappa shape index (κ3) is 1.20. The largest absolute Gasteiger partial charge is 0.373 e. The standard InChI is InChI=1S/C11H9BrO/c1-2-11(13)7-6-8-9(11)4-3-5-10(8)12/h1,3-5,13H,6-7H2. The highest BCUT2D eigenvalue weighted by Crippen LogP contribution is 2.39. The molecule has 0 radical (unpaired) electrons. The summed E-state index contributed by atoms with van der Waals surface area (Å²) in [5, 5.41) is 10.0. The second-order valence-corrected chi connectivity index (χ2v) is 4.12. The molecule has 1 aliphatic rings. The molecule has 1 atom stereocenters. The van der Waals surface area contributed by atoms with Gasteiger partial charge < -0.3 is 5.11 Å². The van der Waals surface area contributed by atoms with E-state index in [0.29, 0.717) is 6.42 Å². The number of fused-ring (bicyclic) bond motifs is 1. The summed E-state index contributed by atoms with van der Waals surface area (Å²) in [6.07, 6.45) is 6.79. The SMILES string of the molecule is C#CC1(O)CCc2c(Br)cccc21. The van der Waals surface area contributed by atoms with Crippen molar-refractivity contribution in [3.63, 3.8) is 0 Å². The lowest BCUT2D eigenvalue weighted by molar-refractivity contribution is 0.103. The average Bonchev–Trinajstić information content (AvgIpc) is 2.47. The number of hydrogen-bond acceptors (Lipinski definition) is 1. The average molecular weight is 237 g/mol. The van der Waals surface area contributed by atoms with Gasteiger partial charge in [0.05, 0.1) is 0 Å². The Morgan fingerprint density at radius 2 is 2.31 bits per heavy atom. The molecule has 0 aromatic heterocycles. The van der Waals surface area contributed by atoms with E-state index in [-0.39, 0.29) is 0 Å². The lowest BCUT2D eigenvalue weighted by atomic mass is 9.97. The third-order valence-electron chi connectivity index (χ3n) is 2.54. The highest BCUT2D eigenvalue weighted by atomic mass is 79.9. The lowest BCUT2D eigenvalue weighted by Crippen LogP contribution is -2.18. The minimum absolute atomic E-state index is 0.626. The molecule has 0 saturated carbocycles. The molecule has 1 nitrogen and oxygen atoms in total. The van der Waals surface area contributed by atoms with Gasteiger partial charge in [-0.1, -0.05) is 34.0 Å². The van der Waals surface area contributed by atoms with E-state index < -0.39 is 5.60 Å². The highest BCUT2D eigenvalue weighted by molar-refractivity contribution is 9.10. The molecule has 13 heavy (non-hydrogen) atoms. The van der Waals surface area contributed by atoms with Crippen LogP contribution >= 0.6 is 15.9 Å². The van der Waals surface area contributed by atoms with Crippen molar-refractivity contribution >= 4 is 15.9 Å². The fraction of sp³-hybridized carbons (Fsp3) is 0.273. The molecule has 0 bridgehead atoms. The maximum Gasteiger partial charge on any atom is 0.151 e. The van der Waals surface area contributed by atoms with Crippen molar-refractivity contribution in [1.29, 1.82) is 0 Å². The Morgan fingerprint density at radius 1 is 1.54 bits per heavy atom. The van der Waals surface area contributed by atoms with Crippen LogP contribution in [0.1, 0.15) is 17.5 Å². The zero-order chi connectivity index (χ0) is 9.47. The maximum atomic E-state index is 10.0. The molecule has 0 heterocycles. The molecule has 1 aliphatic carbocycles. The smallest absolute Gasteiger partial charge is 0.151 e. The Labute approximate surface area is 85.9 Å². The van der Waals surface area contributed by atoms with Crippen molar-refractivity contribution in [2.24, 2.45) is 0 Å². The van der Waals surface area contributed by atoms with Gasteiger partial charge in [0.15, 0.2) is 5.60 Å². The first-order valence-electron chi connectivity index (χ1n) is 4.15. The van der Waals surface area contributed by atoms with E-state index in [0.717, 1.165) is 22.0 Å². The van der Waals surface area contributed by atoms with Crippen molar-refractivity contribution in [2.75, 3.05) is 0 Å². The number of halogens is 1. The highest BCUT2D eigenvalue weighted by Gasteiger charge is 2.35. The predicted molar refractivity (Wildman–Crippen MR) is 55.2 cm³/mol. The molecule has 2 rings (SSSR count). The number of benzene rings is 1. The summed E-state index contributed by atoms with van der Waals surface area (Å²) in [7, 11) is 0. The van der Waals surface area contributed by atoms with Gasteiger partial charge in [-0.05, 0) is 24.5 Å². The zero-order valence-electron chi connectivity index (χ0n) is 7.05. The van der Waals surface area contributed by atoms with Crippen LogP contribution in [-0.4, -0.2) is 5.11 Å². The van der Waals surface area contributed by atoms with Gasteiger partial charge in [-0.3, -0.25) is 0 Å². The van der Waals surface area contributed by atoms with Gasteiger partial charge in [0.2, 0.25) is 0 Å². The van der Waals surface area contributed by atoms with Crippen molar-refractivity contribution in [1.82, 2.24) is 0 Å². The normalized spacial score (nSPS) is 25.3. The molecular formula is C11H9BrO. The van der Waals surface area contributed by atoms with Crippen LogP contribution in [0.3, 0.4) is 0 Å². The lowest BCUT2D eigenvalue weighted by Gasteiger charge is -2.16. The van der Waals surface area contributed by atoms with Crippen molar-refractivity contribution in [2.45, 2.75) is 18.4 Å². The summed E-state index contributed by atoms with van der Waals surface area (Å²) in [5.41, 5.74) is 0.978. The quantitative estimate of drug-likeness (QED) is 0.686. The van der Waals surface area contributed by atoms with Crippen LogP contribution < -0.4 is 0 Å². The topological polar surface area (TPSA) is 20.2 Å². The first-order valence-corrected chi connectivity index (χ1v) is 4.95. The molecule has 0 aliphatic heterocycles. The summed E-state index contributed by atoms with van der Waals surface area (Å²) >= 11 is 3.45. The Hall–Kier alpha value is -0.780. The van der Waals surface area contributed by atoms with Crippen LogP contribution in [-0.2, 0) is 12.0 Å². The summed E-state index contributed by atoms with van der Waals surface area (Å²) < 4.78 is 1.04. The van der Waals surface area contributed by atoms with Crippen LogP contribution in [0.15, 0.2) is 22.7 Å². The van der Waals surface area contributed by atoms with Gasteiger partial charge in [-0.15, -0.1) is 6.42 Å². The Balaban J connectivity index is 2.63. The summed E-state index contributed by atoms with van der Waals surface area (Å²) in [6.45, 7) is 0. The van der Waals surface area contributed by atoms with Crippen LogP contribution in [0.5, 0.6) is 0 Å². The monoisotopic (exact) mass is 236 g/mol. The molecule has 66 valence electrons. The van der Waals surface area contributed by atoms with Gasteiger partial charge in [0.25, 0.3) is 0 Å². The molecule has 0 spiro atoms. The second-order valence-electron chi connectivity index (χ2n) is 3.27.